The van der Waals surface area contributed by atoms with Gasteiger partial charge in [-0.15, -0.1) is 11.3 Å². The number of aryl methyl sites for hydroxylation is 2. The fourth-order valence-electron chi connectivity index (χ4n) is 2.71. The minimum Gasteiger partial charge on any atom is -0.322 e. The van der Waals surface area contributed by atoms with Crippen molar-refractivity contribution in [2.24, 2.45) is 12.8 Å². The molecule has 0 spiro atoms. The van der Waals surface area contributed by atoms with Gasteiger partial charge in [-0.25, -0.2) is 4.98 Å². The van der Waals surface area contributed by atoms with Crippen LogP contribution in [0.5, 0.6) is 0 Å². The van der Waals surface area contributed by atoms with E-state index in [9.17, 15) is 4.79 Å². The molecule has 3 rings (SSSR count). The van der Waals surface area contributed by atoms with Crippen LogP contribution in [-0.4, -0.2) is 9.55 Å². The summed E-state index contributed by atoms with van der Waals surface area (Å²) in [5.74, 6) is 0.672. The Morgan fingerprint density at radius 2 is 2.11 bits per heavy atom. The summed E-state index contributed by atoms with van der Waals surface area (Å²) in [7, 11) is 1.76. The fourth-order valence-corrected chi connectivity index (χ4v) is 3.97. The Balaban J connectivity index is 2.37. The van der Waals surface area contributed by atoms with Gasteiger partial charge in [0, 0.05) is 11.9 Å². The molecule has 18 heavy (non-hydrogen) atoms. The summed E-state index contributed by atoms with van der Waals surface area (Å²) in [4.78, 5) is 19.3. The molecule has 96 valence electrons. The quantitative estimate of drug-likeness (QED) is 0.854. The van der Waals surface area contributed by atoms with Crippen LogP contribution in [0.2, 0.25) is 0 Å². The standard InChI is InChI=1S/C13H17N3OS/c1-7(14)11-15-12-10(13(17)16(11)2)8-5-3-4-6-9(8)18-12/h7H,3-6,14H2,1-2H3. The van der Waals surface area contributed by atoms with Crippen molar-refractivity contribution in [2.75, 3.05) is 0 Å². The van der Waals surface area contributed by atoms with Crippen molar-refractivity contribution in [1.82, 2.24) is 9.55 Å². The molecule has 0 amide bonds. The van der Waals surface area contributed by atoms with E-state index in [0.29, 0.717) is 5.82 Å². The van der Waals surface area contributed by atoms with Crippen molar-refractivity contribution in [3.8, 4) is 0 Å². The van der Waals surface area contributed by atoms with Crippen LogP contribution in [0.4, 0.5) is 0 Å². The zero-order valence-electron chi connectivity index (χ0n) is 10.7. The lowest BCUT2D eigenvalue weighted by Gasteiger charge is -2.12. The van der Waals surface area contributed by atoms with Crippen molar-refractivity contribution >= 4 is 21.6 Å². The highest BCUT2D eigenvalue weighted by molar-refractivity contribution is 7.18. The molecule has 4 nitrogen and oxygen atoms in total. The van der Waals surface area contributed by atoms with Gasteiger partial charge in [0.15, 0.2) is 0 Å². The van der Waals surface area contributed by atoms with Crippen LogP contribution in [0.3, 0.4) is 0 Å². The Hall–Kier alpha value is -1.20. The highest BCUT2D eigenvalue weighted by Gasteiger charge is 2.21. The summed E-state index contributed by atoms with van der Waals surface area (Å²) in [5, 5.41) is 0.835. The van der Waals surface area contributed by atoms with Crippen molar-refractivity contribution < 1.29 is 0 Å². The number of fused-ring (bicyclic) bond motifs is 3. The number of nitrogens with zero attached hydrogens (tertiary/aromatic N) is 2. The predicted octanol–water partition coefficient (Wildman–Crippen LogP) is 1.89. The Morgan fingerprint density at radius 3 is 2.83 bits per heavy atom. The van der Waals surface area contributed by atoms with Crippen LogP contribution in [0.15, 0.2) is 4.79 Å². The third kappa shape index (κ3) is 1.61. The average molecular weight is 263 g/mol. The number of hydrogen-bond donors (Lipinski definition) is 1. The topological polar surface area (TPSA) is 60.9 Å². The Bertz CT molecular complexity index is 669. The summed E-state index contributed by atoms with van der Waals surface area (Å²) in [6.45, 7) is 1.86. The molecule has 0 saturated carbocycles. The van der Waals surface area contributed by atoms with Crippen molar-refractivity contribution in [1.29, 1.82) is 0 Å². The van der Waals surface area contributed by atoms with E-state index in [2.05, 4.69) is 4.98 Å². The van der Waals surface area contributed by atoms with E-state index in [1.165, 1.54) is 23.3 Å². The third-order valence-corrected chi connectivity index (χ3v) is 4.82. The number of aromatic nitrogens is 2. The largest absolute Gasteiger partial charge is 0.322 e. The maximum Gasteiger partial charge on any atom is 0.262 e. The van der Waals surface area contributed by atoms with Crippen molar-refractivity contribution in [3.05, 3.63) is 26.6 Å². The second kappa shape index (κ2) is 4.17. The van der Waals surface area contributed by atoms with Gasteiger partial charge in [-0.05, 0) is 38.2 Å². The lowest BCUT2D eigenvalue weighted by atomic mass is 9.97. The first kappa shape index (κ1) is 11.9. The monoisotopic (exact) mass is 263 g/mol. The summed E-state index contributed by atoms with van der Waals surface area (Å²) >= 11 is 1.67. The lowest BCUT2D eigenvalue weighted by molar-refractivity contribution is 0.655. The van der Waals surface area contributed by atoms with E-state index < -0.39 is 0 Å². The summed E-state index contributed by atoms with van der Waals surface area (Å²) in [5.41, 5.74) is 7.18. The van der Waals surface area contributed by atoms with Gasteiger partial charge < -0.3 is 5.73 Å². The predicted molar refractivity (Wildman–Crippen MR) is 74.1 cm³/mol. The van der Waals surface area contributed by atoms with E-state index in [1.807, 2.05) is 6.92 Å². The average Bonchev–Trinajstić information content (AvgIpc) is 2.71. The van der Waals surface area contributed by atoms with Gasteiger partial charge in [0.1, 0.15) is 10.7 Å². The molecule has 0 bridgehead atoms. The molecule has 1 aliphatic carbocycles. The number of thiophene rings is 1. The maximum absolute atomic E-state index is 12.5. The van der Waals surface area contributed by atoms with Crippen LogP contribution in [-0.2, 0) is 19.9 Å². The Kier molecular flexibility index (Phi) is 2.75. The molecule has 2 aromatic heterocycles. The van der Waals surface area contributed by atoms with E-state index in [-0.39, 0.29) is 11.6 Å². The summed E-state index contributed by atoms with van der Waals surface area (Å²) in [6, 6.07) is -0.216. The molecule has 0 aromatic carbocycles. The lowest BCUT2D eigenvalue weighted by Crippen LogP contribution is -2.26. The van der Waals surface area contributed by atoms with Gasteiger partial charge in [0.05, 0.1) is 11.4 Å². The van der Waals surface area contributed by atoms with Crippen molar-refractivity contribution in [2.45, 2.75) is 38.6 Å². The maximum atomic E-state index is 12.5. The zero-order valence-corrected chi connectivity index (χ0v) is 11.5. The second-order valence-corrected chi connectivity index (χ2v) is 6.10. The molecule has 0 saturated heterocycles. The SMILES string of the molecule is CC(N)c1nc2sc3c(c2c(=O)n1C)CCCC3. The minimum atomic E-state index is -0.216. The zero-order chi connectivity index (χ0) is 12.9. The highest BCUT2D eigenvalue weighted by Crippen LogP contribution is 2.33. The number of nitrogens with two attached hydrogens (primary N) is 1. The molecule has 1 aliphatic rings. The van der Waals surface area contributed by atoms with Gasteiger partial charge >= 0.3 is 0 Å². The van der Waals surface area contributed by atoms with Gasteiger partial charge in [-0.1, -0.05) is 0 Å². The molecule has 0 fully saturated rings. The van der Waals surface area contributed by atoms with E-state index in [1.54, 1.807) is 23.0 Å². The van der Waals surface area contributed by atoms with Crippen LogP contribution < -0.4 is 11.3 Å². The molecule has 1 unspecified atom stereocenters. The molecular formula is C13H17N3OS. The number of rotatable bonds is 1. The first-order chi connectivity index (χ1) is 8.59. The Morgan fingerprint density at radius 1 is 1.39 bits per heavy atom. The molecule has 1 atom stereocenters. The molecule has 0 aliphatic heterocycles. The third-order valence-electron chi connectivity index (χ3n) is 3.64. The van der Waals surface area contributed by atoms with Gasteiger partial charge in [-0.3, -0.25) is 9.36 Å². The van der Waals surface area contributed by atoms with E-state index in [4.69, 9.17) is 5.73 Å². The molecule has 2 heterocycles. The Labute approximate surface area is 109 Å². The van der Waals surface area contributed by atoms with Gasteiger partial charge in [0.2, 0.25) is 0 Å². The van der Waals surface area contributed by atoms with Crippen LogP contribution in [0.1, 0.15) is 42.1 Å². The molecule has 5 heteroatoms. The van der Waals surface area contributed by atoms with Crippen LogP contribution in [0, 0.1) is 0 Å². The first-order valence-electron chi connectivity index (χ1n) is 6.36. The smallest absolute Gasteiger partial charge is 0.262 e. The molecule has 2 N–H and O–H groups in total. The van der Waals surface area contributed by atoms with E-state index in [0.717, 1.165) is 23.1 Å². The van der Waals surface area contributed by atoms with E-state index >= 15 is 0 Å². The highest BCUT2D eigenvalue weighted by atomic mass is 32.1. The second-order valence-electron chi connectivity index (χ2n) is 5.01. The van der Waals surface area contributed by atoms with Crippen molar-refractivity contribution in [3.63, 3.8) is 0 Å². The minimum absolute atomic E-state index is 0.0618. The summed E-state index contributed by atoms with van der Waals surface area (Å²) in [6.07, 6.45) is 4.51. The fraction of sp³-hybridized carbons (Fsp3) is 0.538. The molecule has 2 aromatic rings. The molecular weight excluding hydrogens is 246 g/mol. The normalized spacial score (nSPS) is 16.8. The summed E-state index contributed by atoms with van der Waals surface area (Å²) < 4.78 is 1.61. The van der Waals surface area contributed by atoms with Gasteiger partial charge in [-0.2, -0.15) is 0 Å². The van der Waals surface area contributed by atoms with Gasteiger partial charge in [0.25, 0.3) is 5.56 Å². The van der Waals surface area contributed by atoms with Crippen LogP contribution in [0.25, 0.3) is 10.2 Å². The molecule has 0 radical (unpaired) electrons. The number of hydrogen-bond acceptors (Lipinski definition) is 4. The first-order valence-corrected chi connectivity index (χ1v) is 7.18. The van der Waals surface area contributed by atoms with Crippen LogP contribution >= 0.6 is 11.3 Å².